The number of hydrogen-bond acceptors (Lipinski definition) is 3. The Labute approximate surface area is 98.5 Å². The summed E-state index contributed by atoms with van der Waals surface area (Å²) in [7, 11) is 0. The van der Waals surface area contributed by atoms with Crippen LogP contribution in [0.3, 0.4) is 0 Å². The molecule has 1 aliphatic rings. The van der Waals surface area contributed by atoms with Gasteiger partial charge in [0.2, 0.25) is 5.82 Å². The lowest BCUT2D eigenvalue weighted by Gasteiger charge is -2.11. The Morgan fingerprint density at radius 3 is 2.71 bits per heavy atom. The Kier molecular flexibility index (Phi) is 3.56. The van der Waals surface area contributed by atoms with Crippen molar-refractivity contribution in [2.24, 2.45) is 5.92 Å². The highest BCUT2D eigenvalue weighted by Gasteiger charge is 2.17. The second kappa shape index (κ2) is 5.12. The lowest BCUT2D eigenvalue weighted by atomic mass is 10.1. The average Bonchev–Trinajstić information content (AvgIpc) is 2.78. The Bertz CT molecular complexity index is 416. The van der Waals surface area contributed by atoms with Gasteiger partial charge in [-0.05, 0) is 24.8 Å². The third-order valence-corrected chi connectivity index (χ3v) is 3.08. The van der Waals surface area contributed by atoms with E-state index in [1.54, 1.807) is 0 Å². The maximum absolute atomic E-state index is 13.3. The highest BCUT2D eigenvalue weighted by molar-refractivity contribution is 5.37. The molecule has 2 rings (SSSR count). The van der Waals surface area contributed by atoms with Crippen LogP contribution in [0.15, 0.2) is 18.2 Å². The average molecular weight is 239 g/mol. The summed E-state index contributed by atoms with van der Waals surface area (Å²) in [6, 6.07) is 3.66. The molecule has 0 radical (unpaired) electrons. The molecule has 1 fully saturated rings. The molecule has 4 nitrogen and oxygen atoms in total. The fourth-order valence-corrected chi connectivity index (χ4v) is 2.12. The molecular formula is C12H14FNO3. The first-order valence-corrected chi connectivity index (χ1v) is 5.73. The number of nitro benzene ring substituents is 1. The van der Waals surface area contributed by atoms with E-state index >= 15 is 0 Å². The lowest BCUT2D eigenvalue weighted by Crippen LogP contribution is -2.08. The molecule has 0 heterocycles. The molecule has 0 atom stereocenters. The van der Waals surface area contributed by atoms with Crippen molar-refractivity contribution in [3.8, 4) is 5.75 Å². The summed E-state index contributed by atoms with van der Waals surface area (Å²) in [4.78, 5) is 9.68. The topological polar surface area (TPSA) is 52.4 Å². The molecule has 1 aromatic rings. The number of benzene rings is 1. The number of rotatable bonds is 4. The number of halogens is 1. The summed E-state index contributed by atoms with van der Waals surface area (Å²) >= 11 is 0. The zero-order chi connectivity index (χ0) is 12.3. The highest BCUT2D eigenvalue weighted by Crippen LogP contribution is 2.27. The van der Waals surface area contributed by atoms with Crippen LogP contribution in [0.5, 0.6) is 5.75 Å². The minimum atomic E-state index is -0.848. The first-order chi connectivity index (χ1) is 8.16. The van der Waals surface area contributed by atoms with Crippen LogP contribution in [-0.2, 0) is 0 Å². The first-order valence-electron chi connectivity index (χ1n) is 5.73. The first kappa shape index (κ1) is 11.8. The van der Waals surface area contributed by atoms with Crippen LogP contribution < -0.4 is 4.74 Å². The Balaban J connectivity index is 1.97. The standard InChI is InChI=1S/C12H14FNO3/c13-11-7-10(5-6-12(11)14(15)16)17-8-9-3-1-2-4-9/h5-7,9H,1-4,8H2. The fourth-order valence-electron chi connectivity index (χ4n) is 2.12. The van der Waals surface area contributed by atoms with Gasteiger partial charge in [0.25, 0.3) is 0 Å². The molecule has 0 amide bonds. The summed E-state index contributed by atoms with van der Waals surface area (Å²) in [5.74, 6) is 0.0483. The van der Waals surface area contributed by atoms with Crippen LogP contribution in [0.2, 0.25) is 0 Å². The minimum absolute atomic E-state index is 0.361. The van der Waals surface area contributed by atoms with E-state index in [9.17, 15) is 14.5 Å². The molecular weight excluding hydrogens is 225 g/mol. The van der Waals surface area contributed by atoms with Crippen molar-refractivity contribution in [1.82, 2.24) is 0 Å². The molecule has 1 saturated carbocycles. The highest BCUT2D eigenvalue weighted by atomic mass is 19.1. The molecule has 5 heteroatoms. The smallest absolute Gasteiger partial charge is 0.305 e. The van der Waals surface area contributed by atoms with E-state index in [2.05, 4.69) is 0 Å². The predicted octanol–water partition coefficient (Wildman–Crippen LogP) is 3.30. The third-order valence-electron chi connectivity index (χ3n) is 3.08. The minimum Gasteiger partial charge on any atom is -0.493 e. The normalized spacial score (nSPS) is 16.1. The van der Waals surface area contributed by atoms with E-state index < -0.39 is 16.4 Å². The van der Waals surface area contributed by atoms with Crippen LogP contribution in [0.4, 0.5) is 10.1 Å². The van der Waals surface area contributed by atoms with Crippen molar-refractivity contribution in [1.29, 1.82) is 0 Å². The summed E-state index contributed by atoms with van der Waals surface area (Å²) in [5.41, 5.74) is -0.516. The molecule has 0 bridgehead atoms. The van der Waals surface area contributed by atoms with E-state index in [0.717, 1.165) is 25.0 Å². The van der Waals surface area contributed by atoms with Crippen LogP contribution in [0.1, 0.15) is 25.7 Å². The number of ether oxygens (including phenoxy) is 1. The maximum Gasteiger partial charge on any atom is 0.305 e. The number of nitrogens with zero attached hydrogens (tertiary/aromatic N) is 1. The second-order valence-electron chi connectivity index (χ2n) is 4.33. The third kappa shape index (κ3) is 2.93. The molecule has 0 spiro atoms. The molecule has 1 aliphatic carbocycles. The van der Waals surface area contributed by atoms with E-state index in [4.69, 9.17) is 4.74 Å². The summed E-state index contributed by atoms with van der Waals surface area (Å²) in [6.07, 6.45) is 4.75. The van der Waals surface area contributed by atoms with Gasteiger partial charge in [0.15, 0.2) is 0 Å². The monoisotopic (exact) mass is 239 g/mol. The Hall–Kier alpha value is -1.65. The van der Waals surface area contributed by atoms with Gasteiger partial charge in [0.05, 0.1) is 11.5 Å². The summed E-state index contributed by atoms with van der Waals surface area (Å²) in [6.45, 7) is 0.567. The molecule has 92 valence electrons. The lowest BCUT2D eigenvalue weighted by molar-refractivity contribution is -0.387. The van der Waals surface area contributed by atoms with Crippen molar-refractivity contribution in [3.05, 3.63) is 34.1 Å². The van der Waals surface area contributed by atoms with Gasteiger partial charge >= 0.3 is 5.69 Å². The van der Waals surface area contributed by atoms with Gasteiger partial charge in [-0.2, -0.15) is 4.39 Å². The van der Waals surface area contributed by atoms with Gasteiger partial charge in [-0.1, -0.05) is 12.8 Å². The summed E-state index contributed by atoms with van der Waals surface area (Å²) < 4.78 is 18.7. The number of nitro groups is 1. The molecule has 0 aromatic heterocycles. The van der Waals surface area contributed by atoms with E-state index in [1.807, 2.05) is 0 Å². The van der Waals surface area contributed by atoms with E-state index in [0.29, 0.717) is 18.3 Å². The van der Waals surface area contributed by atoms with Crippen molar-refractivity contribution in [3.63, 3.8) is 0 Å². The van der Waals surface area contributed by atoms with Gasteiger partial charge in [-0.15, -0.1) is 0 Å². The van der Waals surface area contributed by atoms with Crippen molar-refractivity contribution < 1.29 is 14.1 Å². The summed E-state index contributed by atoms with van der Waals surface area (Å²) in [5, 5.41) is 10.4. The van der Waals surface area contributed by atoms with Crippen molar-refractivity contribution in [2.75, 3.05) is 6.61 Å². The fraction of sp³-hybridized carbons (Fsp3) is 0.500. The largest absolute Gasteiger partial charge is 0.493 e. The van der Waals surface area contributed by atoms with Crippen LogP contribution in [0.25, 0.3) is 0 Å². The second-order valence-corrected chi connectivity index (χ2v) is 4.33. The molecule has 17 heavy (non-hydrogen) atoms. The van der Waals surface area contributed by atoms with Gasteiger partial charge in [0, 0.05) is 12.1 Å². The molecule has 0 aliphatic heterocycles. The Morgan fingerprint density at radius 1 is 1.41 bits per heavy atom. The SMILES string of the molecule is O=[N+]([O-])c1ccc(OCC2CCCC2)cc1F. The molecule has 0 unspecified atom stereocenters. The maximum atomic E-state index is 13.3. The zero-order valence-corrected chi connectivity index (χ0v) is 9.39. The van der Waals surface area contributed by atoms with Gasteiger partial charge in [-0.25, -0.2) is 0 Å². The molecule has 0 N–H and O–H groups in total. The van der Waals surface area contributed by atoms with Gasteiger partial charge in [-0.3, -0.25) is 10.1 Å². The van der Waals surface area contributed by atoms with Gasteiger partial charge in [0.1, 0.15) is 5.75 Å². The van der Waals surface area contributed by atoms with E-state index in [1.165, 1.54) is 18.9 Å². The van der Waals surface area contributed by atoms with Crippen LogP contribution in [0, 0.1) is 21.8 Å². The van der Waals surface area contributed by atoms with Gasteiger partial charge < -0.3 is 4.74 Å². The quantitative estimate of drug-likeness (QED) is 0.598. The molecule has 0 saturated heterocycles. The molecule has 1 aromatic carbocycles. The van der Waals surface area contributed by atoms with E-state index in [-0.39, 0.29) is 0 Å². The zero-order valence-electron chi connectivity index (χ0n) is 9.39. The Morgan fingerprint density at radius 2 is 2.12 bits per heavy atom. The predicted molar refractivity (Wildman–Crippen MR) is 60.5 cm³/mol. The van der Waals surface area contributed by atoms with Crippen LogP contribution in [-0.4, -0.2) is 11.5 Å². The van der Waals surface area contributed by atoms with Crippen molar-refractivity contribution in [2.45, 2.75) is 25.7 Å². The van der Waals surface area contributed by atoms with Crippen molar-refractivity contribution >= 4 is 5.69 Å². The number of hydrogen-bond donors (Lipinski definition) is 0. The van der Waals surface area contributed by atoms with Crippen LogP contribution >= 0.6 is 0 Å².